The van der Waals surface area contributed by atoms with Gasteiger partial charge >= 0.3 is 5.97 Å². The van der Waals surface area contributed by atoms with Gasteiger partial charge in [0.2, 0.25) is 0 Å². The fourth-order valence-electron chi connectivity index (χ4n) is 4.88. The summed E-state index contributed by atoms with van der Waals surface area (Å²) in [7, 11) is 0. The molecule has 6 nitrogen and oxygen atoms in total. The summed E-state index contributed by atoms with van der Waals surface area (Å²) >= 11 is 0. The number of fused-ring (bicyclic) bond motifs is 2. The Morgan fingerprint density at radius 3 is 2.72 bits per heavy atom. The number of nitrogens with one attached hydrogen (secondary N) is 1. The van der Waals surface area contributed by atoms with Crippen LogP contribution in [-0.4, -0.2) is 52.0 Å². The summed E-state index contributed by atoms with van der Waals surface area (Å²) in [6.45, 7) is 0.977. The first-order valence-electron chi connectivity index (χ1n) is 10.8. The Bertz CT molecular complexity index is 963. The summed E-state index contributed by atoms with van der Waals surface area (Å²) in [6.07, 6.45) is 6.99. The summed E-state index contributed by atoms with van der Waals surface area (Å²) in [5, 5.41) is 13.4. The van der Waals surface area contributed by atoms with E-state index in [1.54, 1.807) is 0 Å². The zero-order valence-electron chi connectivity index (χ0n) is 16.6. The standard InChI is InChI=1S/C23H27N3O3/c27-21(28)13-26(12-14-8-9-14)16-10-15(11-16)24-23(29)22-17-4-1-2-6-19(17)25-20-7-3-5-18(20)22/h1-2,4,6,14-16H,3,5,7-13H2,(H,24,29)(H,27,28). The number of hydrogen-bond acceptors (Lipinski definition) is 4. The van der Waals surface area contributed by atoms with Crippen molar-refractivity contribution in [2.45, 2.75) is 57.0 Å². The number of hydrogen-bond donors (Lipinski definition) is 2. The minimum atomic E-state index is -0.767. The quantitative estimate of drug-likeness (QED) is 0.756. The molecule has 1 amide bonds. The lowest BCUT2D eigenvalue weighted by Crippen LogP contribution is -2.55. The first-order chi connectivity index (χ1) is 14.1. The Hall–Kier alpha value is -2.47. The number of carbonyl (C=O) groups is 2. The van der Waals surface area contributed by atoms with E-state index >= 15 is 0 Å². The van der Waals surface area contributed by atoms with Crippen molar-refractivity contribution in [1.82, 2.24) is 15.2 Å². The maximum absolute atomic E-state index is 13.2. The summed E-state index contributed by atoms with van der Waals surface area (Å²) in [6, 6.07) is 8.27. The second-order valence-electron chi connectivity index (χ2n) is 8.84. The lowest BCUT2D eigenvalue weighted by atomic mass is 9.84. The van der Waals surface area contributed by atoms with Gasteiger partial charge in [0.1, 0.15) is 0 Å². The second-order valence-corrected chi connectivity index (χ2v) is 8.84. The number of aromatic nitrogens is 1. The van der Waals surface area contributed by atoms with E-state index in [9.17, 15) is 14.7 Å². The molecule has 6 heteroatoms. The van der Waals surface area contributed by atoms with Gasteiger partial charge in [-0.15, -0.1) is 0 Å². The molecule has 152 valence electrons. The van der Waals surface area contributed by atoms with Crippen molar-refractivity contribution in [3.05, 3.63) is 41.1 Å². The van der Waals surface area contributed by atoms with Crippen LogP contribution in [0.25, 0.3) is 10.9 Å². The molecule has 2 aromatic rings. The zero-order chi connectivity index (χ0) is 20.0. The molecule has 0 spiro atoms. The molecular weight excluding hydrogens is 366 g/mol. The van der Waals surface area contributed by atoms with Gasteiger partial charge < -0.3 is 10.4 Å². The van der Waals surface area contributed by atoms with Gasteiger partial charge in [-0.05, 0) is 62.5 Å². The minimum Gasteiger partial charge on any atom is -0.480 e. The topological polar surface area (TPSA) is 82.5 Å². The highest BCUT2D eigenvalue weighted by atomic mass is 16.4. The molecule has 1 aromatic heterocycles. The predicted molar refractivity (Wildman–Crippen MR) is 110 cm³/mol. The van der Waals surface area contributed by atoms with E-state index < -0.39 is 5.97 Å². The first kappa shape index (κ1) is 18.6. The number of amides is 1. The van der Waals surface area contributed by atoms with Crippen molar-refractivity contribution >= 4 is 22.8 Å². The molecule has 2 fully saturated rings. The Morgan fingerprint density at radius 1 is 1.17 bits per heavy atom. The van der Waals surface area contributed by atoms with Crippen LogP contribution in [-0.2, 0) is 17.6 Å². The van der Waals surface area contributed by atoms with Gasteiger partial charge in [0, 0.05) is 29.7 Å². The number of rotatable bonds is 7. The maximum Gasteiger partial charge on any atom is 0.317 e. The smallest absolute Gasteiger partial charge is 0.317 e. The van der Waals surface area contributed by atoms with Crippen molar-refractivity contribution in [2.24, 2.45) is 5.92 Å². The van der Waals surface area contributed by atoms with Crippen LogP contribution in [0.5, 0.6) is 0 Å². The predicted octanol–water partition coefficient (Wildman–Crippen LogP) is 2.78. The lowest BCUT2D eigenvalue weighted by Gasteiger charge is -2.42. The number of para-hydroxylation sites is 1. The fourth-order valence-corrected chi connectivity index (χ4v) is 4.88. The number of nitrogens with zero attached hydrogens (tertiary/aromatic N) is 2. The second kappa shape index (κ2) is 7.41. The number of carboxylic acids is 1. The van der Waals surface area contributed by atoms with Gasteiger partial charge in [-0.1, -0.05) is 18.2 Å². The summed E-state index contributed by atoms with van der Waals surface area (Å²) in [5.41, 5.74) is 3.87. The fraction of sp³-hybridized carbons (Fsp3) is 0.522. The van der Waals surface area contributed by atoms with Crippen LogP contribution in [0.3, 0.4) is 0 Å². The average Bonchev–Trinajstić information content (AvgIpc) is 3.35. The summed E-state index contributed by atoms with van der Waals surface area (Å²) in [4.78, 5) is 31.3. The molecule has 0 radical (unpaired) electrons. The Labute approximate surface area is 170 Å². The summed E-state index contributed by atoms with van der Waals surface area (Å²) in [5.74, 6) is -0.108. The van der Waals surface area contributed by atoms with Crippen LogP contribution in [0.1, 0.15) is 53.7 Å². The van der Waals surface area contributed by atoms with Gasteiger partial charge in [0.25, 0.3) is 5.91 Å². The molecule has 29 heavy (non-hydrogen) atoms. The number of benzene rings is 1. The third-order valence-electron chi connectivity index (χ3n) is 6.64. The van der Waals surface area contributed by atoms with E-state index in [0.717, 1.165) is 66.4 Å². The van der Waals surface area contributed by atoms with Crippen molar-refractivity contribution < 1.29 is 14.7 Å². The molecule has 1 aromatic carbocycles. The molecule has 3 aliphatic carbocycles. The zero-order valence-corrected chi connectivity index (χ0v) is 16.6. The first-order valence-corrected chi connectivity index (χ1v) is 10.8. The molecule has 0 unspecified atom stereocenters. The highest BCUT2D eigenvalue weighted by Crippen LogP contribution is 2.34. The maximum atomic E-state index is 13.2. The van der Waals surface area contributed by atoms with Gasteiger partial charge in [-0.2, -0.15) is 0 Å². The van der Waals surface area contributed by atoms with Gasteiger partial charge in [-0.25, -0.2) is 0 Å². The Kier molecular flexibility index (Phi) is 4.74. The number of aryl methyl sites for hydroxylation is 1. The molecule has 1 heterocycles. The van der Waals surface area contributed by atoms with E-state index in [-0.39, 0.29) is 24.5 Å². The molecule has 0 bridgehead atoms. The number of carbonyl (C=O) groups excluding carboxylic acids is 1. The van der Waals surface area contributed by atoms with E-state index in [2.05, 4.69) is 10.2 Å². The Morgan fingerprint density at radius 2 is 1.97 bits per heavy atom. The summed E-state index contributed by atoms with van der Waals surface area (Å²) < 4.78 is 0. The third kappa shape index (κ3) is 3.73. The van der Waals surface area contributed by atoms with Crippen LogP contribution in [0, 0.1) is 5.92 Å². The van der Waals surface area contributed by atoms with Crippen LogP contribution in [0.4, 0.5) is 0 Å². The Balaban J connectivity index is 1.29. The van der Waals surface area contributed by atoms with Crippen molar-refractivity contribution in [3.63, 3.8) is 0 Å². The van der Waals surface area contributed by atoms with E-state index in [1.165, 1.54) is 12.8 Å². The molecule has 2 saturated carbocycles. The molecule has 3 aliphatic rings. The van der Waals surface area contributed by atoms with Crippen molar-refractivity contribution in [2.75, 3.05) is 13.1 Å². The number of aliphatic carboxylic acids is 1. The van der Waals surface area contributed by atoms with E-state index in [4.69, 9.17) is 4.98 Å². The van der Waals surface area contributed by atoms with E-state index in [0.29, 0.717) is 5.92 Å². The monoisotopic (exact) mass is 393 g/mol. The highest BCUT2D eigenvalue weighted by molar-refractivity contribution is 6.08. The molecule has 0 aliphatic heterocycles. The SMILES string of the molecule is O=C(O)CN(CC1CC1)C1CC(NC(=O)c2c3c(nc4ccccc24)CCC3)C1. The molecule has 2 N–H and O–H groups in total. The third-order valence-corrected chi connectivity index (χ3v) is 6.64. The molecule has 0 saturated heterocycles. The van der Waals surface area contributed by atoms with Crippen LogP contribution in [0.2, 0.25) is 0 Å². The molecule has 5 rings (SSSR count). The molecular formula is C23H27N3O3. The molecule has 0 atom stereocenters. The lowest BCUT2D eigenvalue weighted by molar-refractivity contribution is -0.139. The van der Waals surface area contributed by atoms with Gasteiger partial charge in [0.05, 0.1) is 17.6 Å². The largest absolute Gasteiger partial charge is 0.480 e. The normalized spacial score (nSPS) is 23.1. The highest BCUT2D eigenvalue weighted by Gasteiger charge is 2.38. The van der Waals surface area contributed by atoms with Crippen LogP contribution >= 0.6 is 0 Å². The van der Waals surface area contributed by atoms with Crippen molar-refractivity contribution in [3.8, 4) is 0 Å². The minimum absolute atomic E-state index is 0.00261. The average molecular weight is 393 g/mol. The van der Waals surface area contributed by atoms with E-state index in [1.807, 2.05) is 24.3 Å². The van der Waals surface area contributed by atoms with Crippen LogP contribution in [0.15, 0.2) is 24.3 Å². The van der Waals surface area contributed by atoms with Gasteiger partial charge in [-0.3, -0.25) is 19.5 Å². The van der Waals surface area contributed by atoms with Crippen molar-refractivity contribution in [1.29, 1.82) is 0 Å². The number of carboxylic acid groups (broad SMARTS) is 1. The number of pyridine rings is 1. The van der Waals surface area contributed by atoms with Crippen LogP contribution < -0.4 is 5.32 Å². The van der Waals surface area contributed by atoms with Gasteiger partial charge in [0.15, 0.2) is 0 Å².